The minimum Gasteiger partial charge on any atom is -0.490 e. The second-order valence-corrected chi connectivity index (χ2v) is 9.43. The Bertz CT molecular complexity index is 979. The number of hydrogen-bond donors (Lipinski definition) is 1. The van der Waals surface area contributed by atoms with Crippen molar-refractivity contribution in [3.63, 3.8) is 0 Å². The highest BCUT2D eigenvalue weighted by Gasteiger charge is 2.26. The van der Waals surface area contributed by atoms with Crippen molar-refractivity contribution in [1.29, 1.82) is 0 Å². The standard InChI is InChI=1S/C21H25ClN2O5S/c22-17-4-1-3-16(13-17)19(24-7-11-27-12-8-24)15-23-30(25,26)18-5-6-20-21(14-18)29-10-2-9-28-20/h1,3-6,13-14,19,23H,2,7-12,15H2. The first-order chi connectivity index (χ1) is 14.5. The number of halogens is 1. The summed E-state index contributed by atoms with van der Waals surface area (Å²) in [5.74, 6) is 1.02. The van der Waals surface area contributed by atoms with E-state index in [0.29, 0.717) is 42.9 Å². The van der Waals surface area contributed by atoms with Crippen molar-refractivity contribution in [2.45, 2.75) is 17.4 Å². The second kappa shape index (κ2) is 9.53. The maximum Gasteiger partial charge on any atom is 0.240 e. The molecule has 0 radical (unpaired) electrons. The highest BCUT2D eigenvalue weighted by atomic mass is 35.5. The molecule has 0 spiro atoms. The average Bonchev–Trinajstić information content (AvgIpc) is 2.99. The van der Waals surface area contributed by atoms with Crippen molar-refractivity contribution < 1.29 is 22.6 Å². The van der Waals surface area contributed by atoms with Gasteiger partial charge in [-0.05, 0) is 29.8 Å². The molecule has 2 aliphatic rings. The van der Waals surface area contributed by atoms with Gasteiger partial charge in [-0.2, -0.15) is 0 Å². The fraction of sp³-hybridized carbons (Fsp3) is 0.429. The number of ether oxygens (including phenoxy) is 3. The first kappa shape index (κ1) is 21.4. The number of rotatable bonds is 6. The smallest absolute Gasteiger partial charge is 0.240 e. The fourth-order valence-corrected chi connectivity index (χ4v) is 4.90. The van der Waals surface area contributed by atoms with Crippen LogP contribution in [0, 0.1) is 0 Å². The summed E-state index contributed by atoms with van der Waals surface area (Å²) in [5, 5.41) is 0.622. The zero-order valence-corrected chi connectivity index (χ0v) is 18.1. The van der Waals surface area contributed by atoms with Crippen molar-refractivity contribution in [2.75, 3.05) is 46.1 Å². The third kappa shape index (κ3) is 5.07. The van der Waals surface area contributed by atoms with Crippen LogP contribution in [0.2, 0.25) is 5.02 Å². The quantitative estimate of drug-likeness (QED) is 0.726. The molecule has 1 unspecified atom stereocenters. The Hall–Kier alpha value is -1.84. The molecule has 7 nitrogen and oxygen atoms in total. The molecule has 2 aliphatic heterocycles. The van der Waals surface area contributed by atoms with E-state index in [4.69, 9.17) is 25.8 Å². The summed E-state index contributed by atoms with van der Waals surface area (Å²) in [7, 11) is -3.73. The molecule has 9 heteroatoms. The normalized spacial score (nSPS) is 18.6. The number of morpholine rings is 1. The van der Waals surface area contributed by atoms with E-state index >= 15 is 0 Å². The van der Waals surface area contributed by atoms with Crippen LogP contribution < -0.4 is 14.2 Å². The molecule has 30 heavy (non-hydrogen) atoms. The molecule has 1 fully saturated rings. The van der Waals surface area contributed by atoms with E-state index in [1.807, 2.05) is 24.3 Å². The van der Waals surface area contributed by atoms with Gasteiger partial charge in [-0.25, -0.2) is 13.1 Å². The Labute approximate surface area is 181 Å². The number of fused-ring (bicyclic) bond motifs is 1. The van der Waals surface area contributed by atoms with Crippen molar-refractivity contribution in [2.24, 2.45) is 0 Å². The summed E-state index contributed by atoms with van der Waals surface area (Å²) in [6, 6.07) is 12.1. The number of nitrogens with zero attached hydrogens (tertiary/aromatic N) is 1. The van der Waals surface area contributed by atoms with Crippen LogP contribution in [0.1, 0.15) is 18.0 Å². The molecule has 1 saturated heterocycles. The van der Waals surface area contributed by atoms with Gasteiger partial charge < -0.3 is 14.2 Å². The minimum atomic E-state index is -3.73. The van der Waals surface area contributed by atoms with Crippen LogP contribution in [0.3, 0.4) is 0 Å². The summed E-state index contributed by atoms with van der Waals surface area (Å²) < 4.78 is 45.5. The summed E-state index contributed by atoms with van der Waals surface area (Å²) in [6.07, 6.45) is 0.760. The van der Waals surface area contributed by atoms with Gasteiger partial charge in [-0.3, -0.25) is 4.90 Å². The van der Waals surface area contributed by atoms with Gasteiger partial charge in [0, 0.05) is 43.2 Å². The number of hydrogen-bond acceptors (Lipinski definition) is 6. The zero-order chi connectivity index (χ0) is 21.0. The fourth-order valence-electron chi connectivity index (χ4n) is 3.64. The van der Waals surface area contributed by atoms with Crippen LogP contribution in [0.25, 0.3) is 0 Å². The third-order valence-electron chi connectivity index (χ3n) is 5.22. The highest BCUT2D eigenvalue weighted by molar-refractivity contribution is 7.89. The predicted molar refractivity (Wildman–Crippen MR) is 114 cm³/mol. The Morgan fingerprint density at radius 1 is 1.00 bits per heavy atom. The van der Waals surface area contributed by atoms with Crippen LogP contribution in [0.5, 0.6) is 11.5 Å². The Morgan fingerprint density at radius 2 is 1.77 bits per heavy atom. The molecule has 0 aromatic heterocycles. The minimum absolute atomic E-state index is 0.150. The molecule has 2 aromatic carbocycles. The molecule has 2 aromatic rings. The van der Waals surface area contributed by atoms with Gasteiger partial charge in [0.1, 0.15) is 0 Å². The van der Waals surface area contributed by atoms with Gasteiger partial charge in [0.05, 0.1) is 31.3 Å². The SMILES string of the molecule is O=S(=O)(NCC(c1cccc(Cl)c1)N1CCOCC1)c1ccc2c(c1)OCCCO2. The van der Waals surface area contributed by atoms with Gasteiger partial charge in [-0.1, -0.05) is 23.7 Å². The van der Waals surface area contributed by atoms with Crippen LogP contribution in [0.15, 0.2) is 47.4 Å². The van der Waals surface area contributed by atoms with Gasteiger partial charge in [-0.15, -0.1) is 0 Å². The lowest BCUT2D eigenvalue weighted by Crippen LogP contribution is -2.43. The molecule has 0 bridgehead atoms. The molecule has 2 heterocycles. The monoisotopic (exact) mass is 452 g/mol. The third-order valence-corrected chi connectivity index (χ3v) is 6.87. The molecule has 4 rings (SSSR count). The molecule has 1 atom stereocenters. The lowest BCUT2D eigenvalue weighted by Gasteiger charge is -2.35. The molecule has 162 valence electrons. The van der Waals surface area contributed by atoms with Gasteiger partial charge in [0.25, 0.3) is 0 Å². The number of nitrogens with one attached hydrogen (secondary N) is 1. The topological polar surface area (TPSA) is 77.1 Å². The van der Waals surface area contributed by atoms with E-state index in [-0.39, 0.29) is 17.5 Å². The van der Waals surface area contributed by atoms with E-state index < -0.39 is 10.0 Å². The number of benzene rings is 2. The zero-order valence-electron chi connectivity index (χ0n) is 16.6. The van der Waals surface area contributed by atoms with Crippen molar-refractivity contribution >= 4 is 21.6 Å². The van der Waals surface area contributed by atoms with Gasteiger partial charge >= 0.3 is 0 Å². The van der Waals surface area contributed by atoms with E-state index in [0.717, 1.165) is 25.1 Å². The van der Waals surface area contributed by atoms with E-state index in [1.165, 1.54) is 6.07 Å². The Balaban J connectivity index is 1.54. The van der Waals surface area contributed by atoms with E-state index in [1.54, 1.807) is 12.1 Å². The second-order valence-electron chi connectivity index (χ2n) is 7.23. The van der Waals surface area contributed by atoms with Crippen LogP contribution in [-0.2, 0) is 14.8 Å². The summed E-state index contributed by atoms with van der Waals surface area (Å²) in [5.41, 5.74) is 0.964. The maximum atomic E-state index is 13.0. The number of sulfonamides is 1. The largest absolute Gasteiger partial charge is 0.490 e. The first-order valence-electron chi connectivity index (χ1n) is 9.99. The lowest BCUT2D eigenvalue weighted by atomic mass is 10.1. The summed E-state index contributed by atoms with van der Waals surface area (Å²) in [6.45, 7) is 3.96. The van der Waals surface area contributed by atoms with E-state index in [2.05, 4.69) is 9.62 Å². The van der Waals surface area contributed by atoms with Crippen LogP contribution in [-0.4, -0.2) is 59.4 Å². The summed E-state index contributed by atoms with van der Waals surface area (Å²) >= 11 is 6.19. The first-order valence-corrected chi connectivity index (χ1v) is 11.9. The predicted octanol–water partition coefficient (Wildman–Crippen LogP) is 2.85. The molecular weight excluding hydrogens is 428 g/mol. The average molecular weight is 453 g/mol. The van der Waals surface area contributed by atoms with Gasteiger partial charge in [0.15, 0.2) is 11.5 Å². The van der Waals surface area contributed by atoms with E-state index in [9.17, 15) is 8.42 Å². The summed E-state index contributed by atoms with van der Waals surface area (Å²) in [4.78, 5) is 2.37. The lowest BCUT2D eigenvalue weighted by molar-refractivity contribution is 0.0172. The molecule has 0 aliphatic carbocycles. The molecule has 0 amide bonds. The highest BCUT2D eigenvalue weighted by Crippen LogP contribution is 2.32. The Morgan fingerprint density at radius 3 is 2.53 bits per heavy atom. The van der Waals surface area contributed by atoms with Crippen molar-refractivity contribution in [3.05, 3.63) is 53.1 Å². The molecule has 0 saturated carbocycles. The van der Waals surface area contributed by atoms with Crippen LogP contribution in [0.4, 0.5) is 0 Å². The molecular formula is C21H25ClN2O5S. The van der Waals surface area contributed by atoms with Crippen molar-refractivity contribution in [1.82, 2.24) is 9.62 Å². The maximum absolute atomic E-state index is 13.0. The van der Waals surface area contributed by atoms with Crippen molar-refractivity contribution in [3.8, 4) is 11.5 Å². The Kier molecular flexibility index (Phi) is 6.80. The van der Waals surface area contributed by atoms with Crippen LogP contribution >= 0.6 is 11.6 Å². The van der Waals surface area contributed by atoms with Gasteiger partial charge in [0.2, 0.25) is 10.0 Å². The molecule has 1 N–H and O–H groups in total.